The molecule has 1 amide bonds. The number of para-hydroxylation sites is 1. The Morgan fingerprint density at radius 2 is 2.11 bits per heavy atom. The molecule has 0 saturated heterocycles. The fraction of sp³-hybridized carbons (Fsp3) is 0.318. The molecule has 0 N–H and O–H groups in total. The van der Waals surface area contributed by atoms with Crippen molar-refractivity contribution in [3.8, 4) is 16.3 Å². The fourth-order valence-corrected chi connectivity index (χ4v) is 4.04. The van der Waals surface area contributed by atoms with Crippen molar-refractivity contribution in [3.05, 3.63) is 65.4 Å². The molecule has 3 aromatic rings. The van der Waals surface area contributed by atoms with Crippen LogP contribution in [-0.4, -0.2) is 33.4 Å². The second kappa shape index (κ2) is 8.52. The van der Waals surface area contributed by atoms with E-state index in [0.717, 1.165) is 40.4 Å². The van der Waals surface area contributed by atoms with Gasteiger partial charge in [0.15, 0.2) is 0 Å². The van der Waals surface area contributed by atoms with Crippen LogP contribution in [0.25, 0.3) is 10.6 Å². The summed E-state index contributed by atoms with van der Waals surface area (Å²) in [4.78, 5) is 23.8. The minimum atomic E-state index is 0.126. The maximum atomic E-state index is 13.0. The summed E-state index contributed by atoms with van der Waals surface area (Å²) >= 11 is 1.55. The molecule has 1 aromatic carbocycles. The van der Waals surface area contributed by atoms with E-state index in [1.54, 1.807) is 17.5 Å². The summed E-state index contributed by atoms with van der Waals surface area (Å²) in [7, 11) is 0. The minimum absolute atomic E-state index is 0.126. The number of carbonyl (C=O) groups is 1. The number of hydrogen-bond acceptors (Lipinski definition) is 5. The molecular formula is C22H23N3O2S. The zero-order valence-electron chi connectivity index (χ0n) is 15.9. The molecule has 4 rings (SSSR count). The summed E-state index contributed by atoms with van der Waals surface area (Å²) in [6.07, 6.45) is 6.06. The Balaban J connectivity index is 1.48. The average Bonchev–Trinajstić information content (AvgIpc) is 3.46. The van der Waals surface area contributed by atoms with Crippen LogP contribution < -0.4 is 4.74 Å². The van der Waals surface area contributed by atoms with Gasteiger partial charge >= 0.3 is 0 Å². The van der Waals surface area contributed by atoms with Crippen molar-refractivity contribution in [3.63, 3.8) is 0 Å². The van der Waals surface area contributed by atoms with E-state index in [2.05, 4.69) is 4.98 Å². The smallest absolute Gasteiger partial charge is 0.229 e. The summed E-state index contributed by atoms with van der Waals surface area (Å²) in [5.74, 6) is 0.953. The van der Waals surface area contributed by atoms with Crippen molar-refractivity contribution < 1.29 is 9.53 Å². The number of aromatic nitrogens is 2. The molecule has 28 heavy (non-hydrogen) atoms. The van der Waals surface area contributed by atoms with Gasteiger partial charge in [0.25, 0.3) is 0 Å². The highest BCUT2D eigenvalue weighted by Crippen LogP contribution is 2.33. The van der Waals surface area contributed by atoms with Crippen LogP contribution in [0.15, 0.2) is 54.2 Å². The summed E-state index contributed by atoms with van der Waals surface area (Å²) in [6.45, 7) is 3.19. The summed E-state index contributed by atoms with van der Waals surface area (Å²) in [5.41, 5.74) is 2.85. The van der Waals surface area contributed by atoms with Gasteiger partial charge in [-0.3, -0.25) is 9.78 Å². The molecule has 5 nitrogen and oxygen atoms in total. The van der Waals surface area contributed by atoms with Crippen LogP contribution in [0, 0.1) is 0 Å². The molecule has 1 saturated carbocycles. The molecule has 0 radical (unpaired) electrons. The van der Waals surface area contributed by atoms with Crippen LogP contribution in [0.4, 0.5) is 0 Å². The molecule has 1 aliphatic carbocycles. The number of thiazole rings is 1. The lowest BCUT2D eigenvalue weighted by atomic mass is 10.2. The predicted octanol–water partition coefficient (Wildman–Crippen LogP) is 4.34. The lowest BCUT2D eigenvalue weighted by Crippen LogP contribution is -2.33. The monoisotopic (exact) mass is 393 g/mol. The molecule has 1 fully saturated rings. The highest BCUT2D eigenvalue weighted by Gasteiger charge is 2.32. The molecule has 1 aliphatic rings. The fourth-order valence-electron chi connectivity index (χ4n) is 3.19. The minimum Gasteiger partial charge on any atom is -0.493 e. The van der Waals surface area contributed by atoms with E-state index in [1.807, 2.05) is 59.8 Å². The van der Waals surface area contributed by atoms with E-state index in [4.69, 9.17) is 9.72 Å². The number of pyridine rings is 1. The van der Waals surface area contributed by atoms with Gasteiger partial charge in [-0.15, -0.1) is 11.3 Å². The van der Waals surface area contributed by atoms with Crippen LogP contribution in [-0.2, 0) is 17.8 Å². The van der Waals surface area contributed by atoms with Gasteiger partial charge in [0.05, 0.1) is 24.3 Å². The van der Waals surface area contributed by atoms with Gasteiger partial charge in [0, 0.05) is 30.4 Å². The lowest BCUT2D eigenvalue weighted by Gasteiger charge is -2.22. The lowest BCUT2D eigenvalue weighted by molar-refractivity contribution is -0.131. The highest BCUT2D eigenvalue weighted by atomic mass is 32.1. The molecule has 2 heterocycles. The highest BCUT2D eigenvalue weighted by molar-refractivity contribution is 7.13. The van der Waals surface area contributed by atoms with Crippen molar-refractivity contribution in [1.29, 1.82) is 0 Å². The van der Waals surface area contributed by atoms with Gasteiger partial charge in [-0.25, -0.2) is 4.98 Å². The first kappa shape index (κ1) is 18.6. The summed E-state index contributed by atoms with van der Waals surface area (Å²) in [6, 6.07) is 12.2. The third-order valence-corrected chi connectivity index (χ3v) is 5.61. The Morgan fingerprint density at radius 3 is 2.86 bits per heavy atom. The van der Waals surface area contributed by atoms with Crippen molar-refractivity contribution in [2.24, 2.45) is 0 Å². The maximum absolute atomic E-state index is 13.0. The number of hydrogen-bond donors (Lipinski definition) is 0. The summed E-state index contributed by atoms with van der Waals surface area (Å²) < 4.78 is 5.71. The number of ether oxygens (including phenoxy) is 1. The first-order valence-corrected chi connectivity index (χ1v) is 10.5. The van der Waals surface area contributed by atoms with E-state index in [-0.39, 0.29) is 5.91 Å². The normalized spacial score (nSPS) is 13.3. The number of rotatable bonds is 8. The van der Waals surface area contributed by atoms with E-state index in [1.165, 1.54) is 0 Å². The second-order valence-corrected chi connectivity index (χ2v) is 7.72. The Hall–Kier alpha value is -2.73. The van der Waals surface area contributed by atoms with Crippen LogP contribution in [0.3, 0.4) is 0 Å². The first-order chi connectivity index (χ1) is 13.7. The SMILES string of the molecule is CCOc1ccccc1-c1nc(CC(=O)N(Cc2cccnc2)C2CC2)cs1. The van der Waals surface area contributed by atoms with Crippen molar-refractivity contribution in [1.82, 2.24) is 14.9 Å². The molecule has 0 atom stereocenters. The van der Waals surface area contributed by atoms with Crippen LogP contribution in [0.5, 0.6) is 5.75 Å². The van der Waals surface area contributed by atoms with Gasteiger partial charge in [0.1, 0.15) is 10.8 Å². The average molecular weight is 394 g/mol. The van der Waals surface area contributed by atoms with E-state index < -0.39 is 0 Å². The Kier molecular flexibility index (Phi) is 5.67. The van der Waals surface area contributed by atoms with Crippen LogP contribution in [0.2, 0.25) is 0 Å². The van der Waals surface area contributed by atoms with Gasteiger partial charge in [-0.05, 0) is 43.5 Å². The molecule has 0 bridgehead atoms. The summed E-state index contributed by atoms with van der Waals surface area (Å²) in [5, 5.41) is 2.86. The number of amides is 1. The molecule has 0 spiro atoms. The van der Waals surface area contributed by atoms with E-state index >= 15 is 0 Å². The van der Waals surface area contributed by atoms with E-state index in [0.29, 0.717) is 25.6 Å². The number of nitrogens with zero attached hydrogens (tertiary/aromatic N) is 3. The van der Waals surface area contributed by atoms with Gasteiger partial charge in [-0.2, -0.15) is 0 Å². The molecule has 0 aliphatic heterocycles. The van der Waals surface area contributed by atoms with Gasteiger partial charge < -0.3 is 9.64 Å². The van der Waals surface area contributed by atoms with Crippen LogP contribution in [0.1, 0.15) is 31.0 Å². The van der Waals surface area contributed by atoms with Crippen molar-refractivity contribution in [2.45, 2.75) is 38.8 Å². The molecule has 6 heteroatoms. The number of carbonyl (C=O) groups excluding carboxylic acids is 1. The number of benzene rings is 1. The Morgan fingerprint density at radius 1 is 1.25 bits per heavy atom. The molecule has 2 aromatic heterocycles. The third kappa shape index (κ3) is 4.39. The van der Waals surface area contributed by atoms with E-state index in [9.17, 15) is 4.79 Å². The van der Waals surface area contributed by atoms with Gasteiger partial charge in [-0.1, -0.05) is 18.2 Å². The topological polar surface area (TPSA) is 55.3 Å². The molecule has 0 unspecified atom stereocenters. The predicted molar refractivity (Wildman–Crippen MR) is 110 cm³/mol. The third-order valence-electron chi connectivity index (χ3n) is 4.69. The Bertz CT molecular complexity index is 938. The van der Waals surface area contributed by atoms with Crippen molar-refractivity contribution >= 4 is 17.2 Å². The molecule has 144 valence electrons. The maximum Gasteiger partial charge on any atom is 0.229 e. The zero-order chi connectivity index (χ0) is 19.3. The van der Waals surface area contributed by atoms with Crippen molar-refractivity contribution in [2.75, 3.05) is 6.61 Å². The largest absolute Gasteiger partial charge is 0.493 e. The van der Waals surface area contributed by atoms with Gasteiger partial charge in [0.2, 0.25) is 5.91 Å². The Labute approximate surface area is 169 Å². The van der Waals surface area contributed by atoms with Crippen LogP contribution >= 0.6 is 11.3 Å². The zero-order valence-corrected chi connectivity index (χ0v) is 16.7. The molecular weight excluding hydrogens is 370 g/mol. The second-order valence-electron chi connectivity index (χ2n) is 6.86. The first-order valence-electron chi connectivity index (χ1n) is 9.59. The standard InChI is InChI=1S/C22H23N3O2S/c1-2-27-20-8-4-3-7-19(20)22-24-17(15-28-22)12-21(26)25(18-9-10-18)14-16-6-5-11-23-13-16/h3-8,11,13,15,18H,2,9-10,12,14H2,1H3. The quantitative estimate of drug-likeness (QED) is 0.571.